The van der Waals surface area contributed by atoms with Crippen molar-refractivity contribution in [2.24, 2.45) is 16.9 Å². The van der Waals surface area contributed by atoms with Crippen molar-refractivity contribution in [1.82, 2.24) is 5.43 Å². The lowest BCUT2D eigenvalue weighted by atomic mass is 9.74. The van der Waals surface area contributed by atoms with E-state index >= 15 is 0 Å². The molecule has 1 fully saturated rings. The molecule has 3 rings (SSSR count). The van der Waals surface area contributed by atoms with Gasteiger partial charge in [-0.3, -0.25) is 4.79 Å². The first-order valence-electron chi connectivity index (χ1n) is 7.05. The standard InChI is InChI=1S/C16H19N3O/c1-11-5-7-13(8-6-11)17-10-16(20)19-18-15-9-12-3-2-4-14(12)15/h2-3,5-8,12,14,17H,4,9-10H2,1H3,(H,19,20)/b18-15+/t12-,14+/m0/s1. The number of hydrogen-bond donors (Lipinski definition) is 2. The number of hydrazone groups is 1. The minimum atomic E-state index is -0.104. The molecule has 2 aliphatic rings. The van der Waals surface area contributed by atoms with Crippen molar-refractivity contribution in [3.8, 4) is 0 Å². The summed E-state index contributed by atoms with van der Waals surface area (Å²) in [5, 5.41) is 7.32. The number of nitrogens with zero attached hydrogens (tertiary/aromatic N) is 1. The van der Waals surface area contributed by atoms with Crippen LogP contribution in [0.3, 0.4) is 0 Å². The summed E-state index contributed by atoms with van der Waals surface area (Å²) in [6.45, 7) is 2.28. The van der Waals surface area contributed by atoms with Crippen LogP contribution in [0.5, 0.6) is 0 Å². The Bertz CT molecular complexity index is 560. The third-order valence-electron chi connectivity index (χ3n) is 3.99. The summed E-state index contributed by atoms with van der Waals surface area (Å²) in [7, 11) is 0. The van der Waals surface area contributed by atoms with Crippen molar-refractivity contribution < 1.29 is 4.79 Å². The lowest BCUT2D eigenvalue weighted by molar-refractivity contribution is -0.119. The molecule has 2 atom stereocenters. The number of carbonyl (C=O) groups excluding carboxylic acids is 1. The van der Waals surface area contributed by atoms with Crippen LogP contribution in [0.4, 0.5) is 5.69 Å². The predicted molar refractivity (Wildman–Crippen MR) is 80.6 cm³/mol. The number of rotatable bonds is 4. The summed E-state index contributed by atoms with van der Waals surface area (Å²) >= 11 is 0. The minimum Gasteiger partial charge on any atom is -0.376 e. The molecule has 0 heterocycles. The molecule has 20 heavy (non-hydrogen) atoms. The molecule has 0 aliphatic heterocycles. The fourth-order valence-electron chi connectivity index (χ4n) is 2.69. The molecule has 0 unspecified atom stereocenters. The summed E-state index contributed by atoms with van der Waals surface area (Å²) in [6, 6.07) is 7.97. The first-order valence-corrected chi connectivity index (χ1v) is 7.05. The van der Waals surface area contributed by atoms with Gasteiger partial charge in [0.15, 0.2) is 0 Å². The Morgan fingerprint density at radius 1 is 1.35 bits per heavy atom. The third kappa shape index (κ3) is 2.74. The minimum absolute atomic E-state index is 0.104. The van der Waals surface area contributed by atoms with Gasteiger partial charge >= 0.3 is 0 Å². The predicted octanol–water partition coefficient (Wildman–Crippen LogP) is 2.48. The summed E-state index contributed by atoms with van der Waals surface area (Å²) in [6.07, 6.45) is 6.52. The fourth-order valence-corrected chi connectivity index (χ4v) is 2.69. The van der Waals surface area contributed by atoms with Gasteiger partial charge in [0, 0.05) is 17.3 Å². The molecule has 0 aromatic heterocycles. The van der Waals surface area contributed by atoms with Gasteiger partial charge in [0.05, 0.1) is 6.54 Å². The zero-order valence-electron chi connectivity index (χ0n) is 11.6. The molecule has 104 valence electrons. The van der Waals surface area contributed by atoms with E-state index < -0.39 is 0 Å². The Hall–Kier alpha value is -2.10. The first-order chi connectivity index (χ1) is 9.72. The molecule has 0 saturated heterocycles. The van der Waals surface area contributed by atoms with E-state index in [2.05, 4.69) is 28.0 Å². The van der Waals surface area contributed by atoms with Crippen LogP contribution in [0.15, 0.2) is 41.5 Å². The Morgan fingerprint density at radius 3 is 2.90 bits per heavy atom. The highest BCUT2D eigenvalue weighted by molar-refractivity contribution is 5.95. The van der Waals surface area contributed by atoms with Crippen molar-refractivity contribution in [2.45, 2.75) is 19.8 Å². The van der Waals surface area contributed by atoms with Crippen LogP contribution in [0, 0.1) is 18.8 Å². The van der Waals surface area contributed by atoms with Crippen LogP contribution < -0.4 is 10.7 Å². The van der Waals surface area contributed by atoms with E-state index in [0.29, 0.717) is 11.8 Å². The average Bonchev–Trinajstić information content (AvgIpc) is 2.80. The molecular weight excluding hydrogens is 250 g/mol. The lowest BCUT2D eigenvalue weighted by Gasteiger charge is -2.31. The van der Waals surface area contributed by atoms with Crippen molar-refractivity contribution >= 4 is 17.3 Å². The van der Waals surface area contributed by atoms with Crippen LogP contribution in [0.1, 0.15) is 18.4 Å². The number of benzene rings is 1. The number of carbonyl (C=O) groups is 1. The van der Waals surface area contributed by atoms with E-state index in [9.17, 15) is 4.79 Å². The zero-order valence-corrected chi connectivity index (χ0v) is 11.6. The molecule has 4 heteroatoms. The molecule has 1 amide bonds. The van der Waals surface area contributed by atoms with E-state index in [4.69, 9.17) is 0 Å². The van der Waals surface area contributed by atoms with E-state index in [-0.39, 0.29) is 12.5 Å². The number of allylic oxidation sites excluding steroid dienone is 2. The highest BCUT2D eigenvalue weighted by Crippen LogP contribution is 2.39. The van der Waals surface area contributed by atoms with Crippen molar-refractivity contribution in [1.29, 1.82) is 0 Å². The van der Waals surface area contributed by atoms with Crippen LogP contribution in [0.25, 0.3) is 0 Å². The van der Waals surface area contributed by atoms with Gasteiger partial charge in [-0.15, -0.1) is 0 Å². The quantitative estimate of drug-likeness (QED) is 0.651. The van der Waals surface area contributed by atoms with Gasteiger partial charge in [-0.2, -0.15) is 5.10 Å². The van der Waals surface area contributed by atoms with Crippen molar-refractivity contribution in [3.05, 3.63) is 42.0 Å². The highest BCUT2D eigenvalue weighted by atomic mass is 16.2. The summed E-state index contributed by atoms with van der Waals surface area (Å²) in [4.78, 5) is 11.7. The summed E-state index contributed by atoms with van der Waals surface area (Å²) in [5.41, 5.74) is 5.92. The van der Waals surface area contributed by atoms with E-state index in [1.54, 1.807) is 0 Å². The number of fused-ring (bicyclic) bond motifs is 1. The second-order valence-electron chi connectivity index (χ2n) is 5.50. The average molecular weight is 269 g/mol. The smallest absolute Gasteiger partial charge is 0.259 e. The number of hydrogen-bond acceptors (Lipinski definition) is 3. The topological polar surface area (TPSA) is 53.5 Å². The normalized spacial score (nSPS) is 25.1. The van der Waals surface area contributed by atoms with Gasteiger partial charge in [-0.05, 0) is 37.8 Å². The van der Waals surface area contributed by atoms with E-state index in [1.165, 1.54) is 5.56 Å². The molecule has 1 aromatic rings. The molecule has 4 nitrogen and oxygen atoms in total. The number of nitrogens with one attached hydrogen (secondary N) is 2. The van der Waals surface area contributed by atoms with E-state index in [0.717, 1.165) is 24.2 Å². The molecule has 2 aliphatic carbocycles. The molecule has 0 bridgehead atoms. The van der Waals surface area contributed by atoms with Crippen molar-refractivity contribution in [3.63, 3.8) is 0 Å². The zero-order chi connectivity index (χ0) is 13.9. The highest BCUT2D eigenvalue weighted by Gasteiger charge is 2.37. The van der Waals surface area contributed by atoms with Gasteiger partial charge in [0.25, 0.3) is 5.91 Å². The second kappa shape index (κ2) is 5.49. The maximum absolute atomic E-state index is 11.7. The Morgan fingerprint density at radius 2 is 2.15 bits per heavy atom. The molecule has 0 spiro atoms. The molecule has 2 N–H and O–H groups in total. The van der Waals surface area contributed by atoms with Crippen LogP contribution in [-0.4, -0.2) is 18.2 Å². The summed E-state index contributed by atoms with van der Waals surface area (Å²) in [5.74, 6) is 1.10. The van der Waals surface area contributed by atoms with Gasteiger partial charge in [-0.25, -0.2) is 5.43 Å². The van der Waals surface area contributed by atoms with Crippen molar-refractivity contribution in [2.75, 3.05) is 11.9 Å². The number of amides is 1. The Kier molecular flexibility index (Phi) is 3.54. The van der Waals surface area contributed by atoms with Crippen LogP contribution in [0.2, 0.25) is 0 Å². The molecular formula is C16H19N3O. The lowest BCUT2D eigenvalue weighted by Crippen LogP contribution is -2.36. The Balaban J connectivity index is 1.44. The fraction of sp³-hybridized carbons (Fsp3) is 0.375. The van der Waals surface area contributed by atoms with Gasteiger partial charge < -0.3 is 5.32 Å². The molecule has 1 saturated carbocycles. The van der Waals surface area contributed by atoms with Gasteiger partial charge in [0.2, 0.25) is 0 Å². The SMILES string of the molecule is Cc1ccc(NCC(=O)N/N=C2\C[C@@H]3C=CC[C@@H]23)cc1. The van der Waals surface area contributed by atoms with E-state index in [1.807, 2.05) is 31.2 Å². The maximum Gasteiger partial charge on any atom is 0.259 e. The second-order valence-corrected chi connectivity index (χ2v) is 5.50. The Labute approximate surface area is 119 Å². The number of aryl methyl sites for hydroxylation is 1. The maximum atomic E-state index is 11.7. The largest absolute Gasteiger partial charge is 0.376 e. The third-order valence-corrected chi connectivity index (χ3v) is 3.99. The van der Waals surface area contributed by atoms with Crippen LogP contribution >= 0.6 is 0 Å². The van der Waals surface area contributed by atoms with Gasteiger partial charge in [-0.1, -0.05) is 29.8 Å². The number of anilines is 1. The molecule has 0 radical (unpaired) electrons. The first kappa shape index (κ1) is 12.9. The molecule has 1 aromatic carbocycles. The summed E-state index contributed by atoms with van der Waals surface area (Å²) < 4.78 is 0. The monoisotopic (exact) mass is 269 g/mol. The van der Waals surface area contributed by atoms with Gasteiger partial charge in [0.1, 0.15) is 0 Å². The van der Waals surface area contributed by atoms with Crippen LogP contribution in [-0.2, 0) is 4.79 Å².